The highest BCUT2D eigenvalue weighted by atomic mass is 16.2. The Morgan fingerprint density at radius 1 is 1.12 bits per heavy atom. The minimum Gasteiger partial charge on any atom is -0.383 e. The van der Waals surface area contributed by atoms with Crippen molar-refractivity contribution in [3.8, 4) is 6.07 Å². The second-order valence-corrected chi connectivity index (χ2v) is 7.62. The number of benzene rings is 2. The molecule has 32 heavy (non-hydrogen) atoms. The van der Waals surface area contributed by atoms with E-state index >= 15 is 0 Å². The van der Waals surface area contributed by atoms with E-state index in [4.69, 9.17) is 11.0 Å². The van der Waals surface area contributed by atoms with Crippen LogP contribution in [0.25, 0.3) is 10.9 Å². The van der Waals surface area contributed by atoms with Crippen molar-refractivity contribution in [2.75, 3.05) is 5.73 Å². The normalized spacial score (nSPS) is 11.7. The van der Waals surface area contributed by atoms with E-state index in [1.54, 1.807) is 41.6 Å². The van der Waals surface area contributed by atoms with Crippen LogP contribution in [0.2, 0.25) is 0 Å². The Bertz CT molecular complexity index is 1310. The van der Waals surface area contributed by atoms with E-state index < -0.39 is 0 Å². The predicted molar refractivity (Wildman–Crippen MR) is 122 cm³/mol. The molecule has 2 aromatic heterocycles. The lowest BCUT2D eigenvalue weighted by Crippen LogP contribution is -2.34. The van der Waals surface area contributed by atoms with Gasteiger partial charge in [-0.3, -0.25) is 4.79 Å². The molecule has 1 atom stereocenters. The van der Waals surface area contributed by atoms with Crippen LogP contribution in [-0.2, 0) is 6.54 Å². The van der Waals surface area contributed by atoms with Crippen LogP contribution in [0.15, 0.2) is 67.0 Å². The number of nitriles is 1. The smallest absolute Gasteiger partial charge is 0.254 e. The molecule has 7 nitrogen and oxygen atoms in total. The van der Waals surface area contributed by atoms with E-state index in [1.807, 2.05) is 44.2 Å². The molecule has 0 radical (unpaired) electrons. The minimum atomic E-state index is -0.360. The Hall–Kier alpha value is -4.31. The molecule has 4 rings (SSSR count). The number of nitrogens with two attached hydrogens (primary N) is 1. The maximum atomic E-state index is 13.7. The number of hydrogen-bond acceptors (Lipinski definition) is 6. The van der Waals surface area contributed by atoms with Gasteiger partial charge in [0.05, 0.1) is 23.2 Å². The number of nitrogen functional groups attached to an aromatic ring is 1. The highest BCUT2D eigenvalue weighted by Crippen LogP contribution is 2.25. The number of aryl methyl sites for hydroxylation is 1. The van der Waals surface area contributed by atoms with Gasteiger partial charge in [-0.25, -0.2) is 15.0 Å². The summed E-state index contributed by atoms with van der Waals surface area (Å²) in [5.74, 6) is 0.889. The Morgan fingerprint density at radius 3 is 2.53 bits per heavy atom. The molecular weight excluding hydrogens is 400 g/mol. The van der Waals surface area contributed by atoms with Crippen LogP contribution in [0.1, 0.15) is 45.8 Å². The van der Waals surface area contributed by atoms with Gasteiger partial charge in [0.2, 0.25) is 0 Å². The minimum absolute atomic E-state index is 0.148. The van der Waals surface area contributed by atoms with E-state index in [0.717, 1.165) is 22.0 Å². The monoisotopic (exact) mass is 422 g/mol. The summed E-state index contributed by atoms with van der Waals surface area (Å²) in [5, 5.41) is 9.91. The lowest BCUT2D eigenvalue weighted by atomic mass is 10.1. The summed E-state index contributed by atoms with van der Waals surface area (Å²) in [6.07, 6.45) is 3.33. The Labute approximate surface area is 186 Å². The fourth-order valence-corrected chi connectivity index (χ4v) is 3.53. The highest BCUT2D eigenvalue weighted by molar-refractivity contribution is 5.98. The number of rotatable bonds is 5. The van der Waals surface area contributed by atoms with E-state index in [-0.39, 0.29) is 11.9 Å². The van der Waals surface area contributed by atoms with Gasteiger partial charge in [-0.05, 0) is 67.4 Å². The molecule has 0 aliphatic carbocycles. The number of carbonyl (C=O) groups is 1. The van der Waals surface area contributed by atoms with Gasteiger partial charge in [-0.15, -0.1) is 0 Å². The second-order valence-electron chi connectivity index (χ2n) is 7.62. The van der Waals surface area contributed by atoms with Crippen molar-refractivity contribution in [3.05, 3.63) is 95.1 Å². The van der Waals surface area contributed by atoms with Crippen LogP contribution in [0.3, 0.4) is 0 Å². The number of hydrogen-bond donors (Lipinski definition) is 1. The third kappa shape index (κ3) is 4.25. The summed E-state index contributed by atoms with van der Waals surface area (Å²) >= 11 is 0. The van der Waals surface area contributed by atoms with E-state index in [9.17, 15) is 4.79 Å². The Kier molecular flexibility index (Phi) is 5.77. The highest BCUT2D eigenvalue weighted by Gasteiger charge is 2.25. The Morgan fingerprint density at radius 2 is 1.84 bits per heavy atom. The number of amides is 1. The van der Waals surface area contributed by atoms with Crippen LogP contribution in [0.5, 0.6) is 0 Å². The summed E-state index contributed by atoms with van der Waals surface area (Å²) in [6, 6.07) is 18.0. The van der Waals surface area contributed by atoms with Gasteiger partial charge in [0.25, 0.3) is 5.91 Å². The van der Waals surface area contributed by atoms with Gasteiger partial charge < -0.3 is 10.6 Å². The van der Waals surface area contributed by atoms with Crippen LogP contribution in [0, 0.1) is 18.3 Å². The van der Waals surface area contributed by atoms with Gasteiger partial charge in [-0.2, -0.15) is 5.26 Å². The molecule has 2 heterocycles. The fourth-order valence-electron chi connectivity index (χ4n) is 3.53. The van der Waals surface area contributed by atoms with Crippen molar-refractivity contribution >= 4 is 22.6 Å². The molecule has 0 unspecified atom stereocenters. The van der Waals surface area contributed by atoms with E-state index in [2.05, 4.69) is 21.0 Å². The van der Waals surface area contributed by atoms with Gasteiger partial charge in [0.1, 0.15) is 11.6 Å². The molecule has 0 fully saturated rings. The van der Waals surface area contributed by atoms with Crippen molar-refractivity contribution in [2.24, 2.45) is 0 Å². The van der Waals surface area contributed by atoms with Crippen molar-refractivity contribution in [3.63, 3.8) is 0 Å². The zero-order chi connectivity index (χ0) is 22.7. The number of fused-ring (bicyclic) bond motifs is 1. The second kappa shape index (κ2) is 8.82. The first-order valence-electron chi connectivity index (χ1n) is 10.2. The lowest BCUT2D eigenvalue weighted by Gasteiger charge is -2.28. The lowest BCUT2D eigenvalue weighted by molar-refractivity contribution is 0.0666. The quantitative estimate of drug-likeness (QED) is 0.516. The van der Waals surface area contributed by atoms with Gasteiger partial charge in [0.15, 0.2) is 0 Å². The molecule has 0 saturated heterocycles. The molecule has 0 aliphatic heterocycles. The maximum Gasteiger partial charge on any atom is 0.254 e. The number of aromatic nitrogens is 3. The van der Waals surface area contributed by atoms with E-state index in [1.165, 1.54) is 0 Å². The van der Waals surface area contributed by atoms with Crippen LogP contribution >= 0.6 is 0 Å². The molecule has 2 aromatic carbocycles. The van der Waals surface area contributed by atoms with Gasteiger partial charge >= 0.3 is 0 Å². The molecule has 0 saturated carbocycles. The van der Waals surface area contributed by atoms with Crippen molar-refractivity contribution in [2.45, 2.75) is 26.4 Å². The zero-order valence-electron chi connectivity index (χ0n) is 17.9. The van der Waals surface area contributed by atoms with E-state index in [0.29, 0.717) is 29.3 Å². The predicted octanol–water partition coefficient (Wildman–Crippen LogP) is 4.19. The summed E-state index contributed by atoms with van der Waals surface area (Å²) in [7, 11) is 0. The Balaban J connectivity index is 1.72. The molecule has 0 aliphatic rings. The number of nitrogens with zero attached hydrogens (tertiary/aromatic N) is 5. The molecule has 0 bridgehead atoms. The molecule has 4 aromatic rings. The average Bonchev–Trinajstić information content (AvgIpc) is 2.83. The number of anilines is 1. The summed E-state index contributed by atoms with van der Waals surface area (Å²) in [4.78, 5) is 28.5. The van der Waals surface area contributed by atoms with Crippen LogP contribution in [-0.4, -0.2) is 25.8 Å². The van der Waals surface area contributed by atoms with Crippen molar-refractivity contribution in [1.29, 1.82) is 5.26 Å². The topological polar surface area (TPSA) is 109 Å². The molecule has 2 N–H and O–H groups in total. The fraction of sp³-hybridized carbons (Fsp3) is 0.160. The zero-order valence-corrected chi connectivity index (χ0v) is 17.9. The maximum absolute atomic E-state index is 13.7. The number of carbonyl (C=O) groups excluding carboxylic acids is 1. The largest absolute Gasteiger partial charge is 0.383 e. The number of pyridine rings is 1. The van der Waals surface area contributed by atoms with Crippen LogP contribution in [0.4, 0.5) is 5.82 Å². The van der Waals surface area contributed by atoms with Gasteiger partial charge in [-0.1, -0.05) is 12.1 Å². The van der Waals surface area contributed by atoms with Crippen molar-refractivity contribution < 1.29 is 4.79 Å². The molecule has 158 valence electrons. The molecular formula is C25H22N6O. The first kappa shape index (κ1) is 20.9. The third-order valence-electron chi connectivity index (χ3n) is 5.42. The SMILES string of the molecule is Cc1cc2cc(C(=O)N(Cc3ccc(C#N)cc3)[C@H](C)c3ncccn3)ccc2nc1N. The standard InChI is InChI=1S/C25H22N6O/c1-16-12-21-13-20(8-9-22(21)30-23(16)27)25(32)31(17(2)24-28-10-3-11-29-24)15-19-6-4-18(14-26)5-7-19/h3-13,17H,15H2,1-2H3,(H2,27,30)/t17-/m1/s1. The summed E-state index contributed by atoms with van der Waals surface area (Å²) in [5.41, 5.74) is 9.55. The molecule has 0 spiro atoms. The first-order chi connectivity index (χ1) is 15.5. The molecule has 7 heteroatoms. The molecule has 1 amide bonds. The van der Waals surface area contributed by atoms with Crippen LogP contribution < -0.4 is 5.73 Å². The third-order valence-corrected chi connectivity index (χ3v) is 5.42. The van der Waals surface area contributed by atoms with Gasteiger partial charge in [0, 0.05) is 29.9 Å². The average molecular weight is 422 g/mol. The summed E-state index contributed by atoms with van der Waals surface area (Å²) in [6.45, 7) is 4.15. The van der Waals surface area contributed by atoms with Crippen molar-refractivity contribution in [1.82, 2.24) is 19.9 Å². The first-order valence-corrected chi connectivity index (χ1v) is 10.2. The summed E-state index contributed by atoms with van der Waals surface area (Å²) < 4.78 is 0.